The fourth-order valence-corrected chi connectivity index (χ4v) is 3.67. The summed E-state index contributed by atoms with van der Waals surface area (Å²) in [6, 6.07) is 9.85. The van der Waals surface area contributed by atoms with E-state index in [2.05, 4.69) is 19.7 Å². The minimum absolute atomic E-state index is 0.102. The lowest BCUT2D eigenvalue weighted by Gasteiger charge is -2.36. The van der Waals surface area contributed by atoms with E-state index in [0.717, 1.165) is 36.7 Å². The zero-order valence-corrected chi connectivity index (χ0v) is 14.9. The van der Waals surface area contributed by atoms with Gasteiger partial charge >= 0.3 is 0 Å². The molecule has 0 spiro atoms. The molecule has 1 atom stereocenters. The lowest BCUT2D eigenvalue weighted by molar-refractivity contribution is -0.125. The molecule has 0 bridgehead atoms. The number of anilines is 1. The van der Waals surface area contributed by atoms with Crippen molar-refractivity contribution in [1.82, 2.24) is 19.7 Å². The molecule has 6 heteroatoms. The van der Waals surface area contributed by atoms with Crippen LogP contribution in [0.2, 0.25) is 0 Å². The molecule has 0 unspecified atom stereocenters. The zero-order valence-electron chi connectivity index (χ0n) is 14.9. The number of rotatable bonds is 5. The molecule has 25 heavy (non-hydrogen) atoms. The van der Waals surface area contributed by atoms with Crippen molar-refractivity contribution in [3.8, 4) is 0 Å². The highest BCUT2D eigenvalue weighted by Gasteiger charge is 2.34. The highest BCUT2D eigenvalue weighted by atomic mass is 16.2. The number of para-hydroxylation sites is 1. The van der Waals surface area contributed by atoms with Crippen molar-refractivity contribution in [2.45, 2.75) is 44.2 Å². The van der Waals surface area contributed by atoms with Crippen LogP contribution in [0.3, 0.4) is 0 Å². The van der Waals surface area contributed by atoms with Crippen LogP contribution in [0, 0.1) is 0 Å². The minimum Gasteiger partial charge on any atom is -0.317 e. The lowest BCUT2D eigenvalue weighted by atomic mass is 10.0. The number of carbonyl (C=O) groups excluding carboxylic acids is 1. The number of aromatic nitrogens is 3. The number of benzene rings is 1. The Kier molecular flexibility index (Phi) is 4.29. The van der Waals surface area contributed by atoms with Crippen LogP contribution >= 0.6 is 0 Å². The second-order valence-electron chi connectivity index (χ2n) is 7.21. The summed E-state index contributed by atoms with van der Waals surface area (Å²) in [6.07, 6.45) is 4.34. The Labute approximate surface area is 148 Å². The van der Waals surface area contributed by atoms with Gasteiger partial charge in [-0.2, -0.15) is 0 Å². The summed E-state index contributed by atoms with van der Waals surface area (Å²) in [6.45, 7) is 1.44. The number of nitrogens with zero attached hydrogens (tertiary/aromatic N) is 5. The highest BCUT2D eigenvalue weighted by Crippen LogP contribution is 2.38. The van der Waals surface area contributed by atoms with Crippen LogP contribution in [0.5, 0.6) is 0 Å². The predicted molar refractivity (Wildman–Crippen MR) is 96.3 cm³/mol. The van der Waals surface area contributed by atoms with Gasteiger partial charge in [0.1, 0.15) is 11.6 Å². The van der Waals surface area contributed by atoms with Gasteiger partial charge in [0, 0.05) is 25.2 Å². The second kappa shape index (κ2) is 6.59. The summed E-state index contributed by atoms with van der Waals surface area (Å²) in [4.78, 5) is 17.0. The molecular formula is C19H25N5O. The molecule has 1 aromatic carbocycles. The average molecular weight is 339 g/mol. The van der Waals surface area contributed by atoms with Crippen molar-refractivity contribution in [3.63, 3.8) is 0 Å². The average Bonchev–Trinajstić information content (AvgIpc) is 3.41. The van der Waals surface area contributed by atoms with Crippen molar-refractivity contribution in [2.75, 3.05) is 18.5 Å². The van der Waals surface area contributed by atoms with Crippen LogP contribution < -0.4 is 4.90 Å². The number of hydrogen-bond donors (Lipinski definition) is 0. The van der Waals surface area contributed by atoms with Gasteiger partial charge in [-0.1, -0.05) is 18.2 Å². The first-order valence-corrected chi connectivity index (χ1v) is 9.10. The monoisotopic (exact) mass is 339 g/mol. The lowest BCUT2D eigenvalue weighted by Crippen LogP contribution is -2.51. The summed E-state index contributed by atoms with van der Waals surface area (Å²) in [5, 5.41) is 8.71. The summed E-state index contributed by atoms with van der Waals surface area (Å²) in [7, 11) is 4.05. The third-order valence-corrected chi connectivity index (χ3v) is 5.34. The van der Waals surface area contributed by atoms with Crippen LogP contribution in [0.25, 0.3) is 0 Å². The highest BCUT2D eigenvalue weighted by molar-refractivity contribution is 5.97. The van der Waals surface area contributed by atoms with Crippen molar-refractivity contribution in [3.05, 3.63) is 42.0 Å². The molecule has 2 aliphatic rings. The van der Waals surface area contributed by atoms with E-state index in [1.165, 1.54) is 12.8 Å². The summed E-state index contributed by atoms with van der Waals surface area (Å²) in [5.74, 6) is 2.80. The Balaban J connectivity index is 1.47. The SMILES string of the molecule is CN(Cc1nnc(C2CC2)n1C)[C@@H]1CCCN(c2ccccc2)C1=O. The van der Waals surface area contributed by atoms with Crippen LogP contribution in [0.1, 0.15) is 43.3 Å². The zero-order chi connectivity index (χ0) is 17.4. The Hall–Kier alpha value is -2.21. The Morgan fingerprint density at radius 2 is 1.92 bits per heavy atom. The van der Waals surface area contributed by atoms with Crippen LogP contribution in [-0.2, 0) is 18.4 Å². The second-order valence-corrected chi connectivity index (χ2v) is 7.21. The summed E-state index contributed by atoms with van der Waals surface area (Å²) >= 11 is 0. The molecule has 2 fully saturated rings. The van der Waals surface area contributed by atoms with Gasteiger partial charge in [-0.05, 0) is 44.9 Å². The smallest absolute Gasteiger partial charge is 0.244 e. The van der Waals surface area contributed by atoms with Gasteiger partial charge < -0.3 is 9.47 Å². The van der Waals surface area contributed by atoms with Crippen LogP contribution in [0.4, 0.5) is 5.69 Å². The Morgan fingerprint density at radius 3 is 2.64 bits per heavy atom. The molecule has 1 saturated heterocycles. The quantitative estimate of drug-likeness (QED) is 0.839. The summed E-state index contributed by atoms with van der Waals surface area (Å²) < 4.78 is 2.11. The maximum atomic E-state index is 13.0. The third kappa shape index (κ3) is 3.18. The molecule has 1 aliphatic carbocycles. The van der Waals surface area contributed by atoms with Crippen LogP contribution in [-0.4, -0.2) is 45.2 Å². The Bertz CT molecular complexity index is 752. The van der Waals surface area contributed by atoms with E-state index in [4.69, 9.17) is 0 Å². The topological polar surface area (TPSA) is 54.3 Å². The number of carbonyl (C=O) groups is 1. The molecular weight excluding hydrogens is 314 g/mol. The van der Waals surface area contributed by atoms with Crippen molar-refractivity contribution >= 4 is 11.6 Å². The van der Waals surface area contributed by atoms with Gasteiger partial charge in [0.25, 0.3) is 0 Å². The molecule has 1 amide bonds. The molecule has 2 aromatic rings. The van der Waals surface area contributed by atoms with E-state index in [0.29, 0.717) is 12.5 Å². The number of likely N-dealkylation sites (N-methyl/N-ethyl adjacent to an activating group) is 1. The first-order chi connectivity index (χ1) is 12.1. The number of amides is 1. The molecule has 6 nitrogen and oxygen atoms in total. The van der Waals surface area contributed by atoms with E-state index in [9.17, 15) is 4.79 Å². The Morgan fingerprint density at radius 1 is 1.16 bits per heavy atom. The van der Waals surface area contributed by atoms with Crippen LogP contribution in [0.15, 0.2) is 30.3 Å². The standard InChI is InChI=1S/C19H25N5O/c1-22(13-17-20-21-18(23(17)2)14-10-11-14)16-9-6-12-24(19(16)25)15-7-4-3-5-8-15/h3-5,7-8,14,16H,6,9-13H2,1-2H3/t16-/m1/s1. The maximum absolute atomic E-state index is 13.0. The maximum Gasteiger partial charge on any atom is 0.244 e. The molecule has 0 radical (unpaired) electrons. The van der Waals surface area contributed by atoms with Gasteiger partial charge in [0.2, 0.25) is 5.91 Å². The van der Waals surface area contributed by atoms with E-state index >= 15 is 0 Å². The van der Waals surface area contributed by atoms with Gasteiger partial charge in [0.05, 0.1) is 12.6 Å². The predicted octanol–water partition coefficient (Wildman–Crippen LogP) is 2.32. The first-order valence-electron chi connectivity index (χ1n) is 9.10. The van der Waals surface area contributed by atoms with Crippen molar-refractivity contribution < 1.29 is 4.79 Å². The number of piperidine rings is 1. The van der Waals surface area contributed by atoms with Gasteiger partial charge in [-0.3, -0.25) is 9.69 Å². The van der Waals surface area contributed by atoms with E-state index in [1.807, 2.05) is 49.3 Å². The van der Waals surface area contributed by atoms with Gasteiger partial charge in [-0.15, -0.1) is 10.2 Å². The minimum atomic E-state index is -0.102. The van der Waals surface area contributed by atoms with E-state index < -0.39 is 0 Å². The molecule has 2 heterocycles. The fourth-order valence-electron chi connectivity index (χ4n) is 3.67. The van der Waals surface area contributed by atoms with E-state index in [1.54, 1.807) is 0 Å². The molecule has 1 aromatic heterocycles. The first kappa shape index (κ1) is 16.3. The molecule has 132 valence electrons. The fraction of sp³-hybridized carbons (Fsp3) is 0.526. The van der Waals surface area contributed by atoms with E-state index in [-0.39, 0.29) is 11.9 Å². The molecule has 1 aliphatic heterocycles. The van der Waals surface area contributed by atoms with Gasteiger partial charge in [-0.25, -0.2) is 0 Å². The molecule has 1 saturated carbocycles. The van der Waals surface area contributed by atoms with Gasteiger partial charge in [0.15, 0.2) is 0 Å². The van der Waals surface area contributed by atoms with Crippen molar-refractivity contribution in [1.29, 1.82) is 0 Å². The molecule has 0 N–H and O–H groups in total. The molecule has 4 rings (SSSR count). The summed E-state index contributed by atoms with van der Waals surface area (Å²) in [5.41, 5.74) is 0.986. The third-order valence-electron chi connectivity index (χ3n) is 5.34. The number of hydrogen-bond acceptors (Lipinski definition) is 4. The van der Waals surface area contributed by atoms with Crippen molar-refractivity contribution in [2.24, 2.45) is 7.05 Å². The largest absolute Gasteiger partial charge is 0.317 e. The normalized spacial score (nSPS) is 21.2.